The van der Waals surface area contributed by atoms with Crippen LogP contribution in [-0.4, -0.2) is 39.2 Å². The smallest absolute Gasteiger partial charge is 0.251 e. The molecule has 2 amide bonds. The zero-order chi connectivity index (χ0) is 18.9. The highest BCUT2D eigenvalue weighted by atomic mass is 16.5. The number of methoxy groups -OCH3 is 2. The molecule has 0 fully saturated rings. The van der Waals surface area contributed by atoms with Crippen LogP contribution in [0.1, 0.15) is 17.3 Å². The van der Waals surface area contributed by atoms with E-state index in [1.807, 2.05) is 13.0 Å². The molecule has 26 heavy (non-hydrogen) atoms. The summed E-state index contributed by atoms with van der Waals surface area (Å²) in [7, 11) is 3.00. The fourth-order valence-electron chi connectivity index (χ4n) is 2.29. The molecular formula is C19H22N2O5. The minimum absolute atomic E-state index is 0.173. The van der Waals surface area contributed by atoms with Crippen LogP contribution in [0.5, 0.6) is 17.2 Å². The van der Waals surface area contributed by atoms with Crippen LogP contribution in [0.15, 0.2) is 42.5 Å². The third kappa shape index (κ3) is 4.89. The molecule has 138 valence electrons. The molecule has 0 saturated carbocycles. The lowest BCUT2D eigenvalue weighted by molar-refractivity contribution is -0.115. The zero-order valence-corrected chi connectivity index (χ0v) is 15.0. The minimum atomic E-state index is -0.390. The van der Waals surface area contributed by atoms with E-state index in [2.05, 4.69) is 10.6 Å². The quantitative estimate of drug-likeness (QED) is 0.757. The molecule has 7 nitrogen and oxygen atoms in total. The number of carbonyl (C=O) groups excluding carboxylic acids is 2. The SMILES string of the molecule is CCOc1ccccc1NC(=O)CNC(=O)c1ccc(OC)c(OC)c1. The molecule has 0 aliphatic heterocycles. The van der Waals surface area contributed by atoms with E-state index in [1.54, 1.807) is 36.4 Å². The summed E-state index contributed by atoms with van der Waals surface area (Å²) in [5.74, 6) is 0.796. The average Bonchev–Trinajstić information content (AvgIpc) is 2.67. The van der Waals surface area contributed by atoms with Gasteiger partial charge in [-0.05, 0) is 37.3 Å². The Morgan fingerprint density at radius 2 is 1.69 bits per heavy atom. The van der Waals surface area contributed by atoms with Gasteiger partial charge in [0.1, 0.15) is 5.75 Å². The van der Waals surface area contributed by atoms with Crippen LogP contribution < -0.4 is 24.8 Å². The van der Waals surface area contributed by atoms with Crippen molar-refractivity contribution in [3.63, 3.8) is 0 Å². The van der Waals surface area contributed by atoms with E-state index < -0.39 is 0 Å². The molecule has 0 heterocycles. The molecule has 7 heteroatoms. The van der Waals surface area contributed by atoms with Crippen molar-refractivity contribution in [3.8, 4) is 17.2 Å². The Balaban J connectivity index is 1.96. The van der Waals surface area contributed by atoms with Gasteiger partial charge in [0.2, 0.25) is 5.91 Å². The van der Waals surface area contributed by atoms with Crippen LogP contribution in [0.25, 0.3) is 0 Å². The predicted molar refractivity (Wildman–Crippen MR) is 98.1 cm³/mol. The molecule has 0 aliphatic carbocycles. The number of benzene rings is 2. The third-order valence-corrected chi connectivity index (χ3v) is 3.52. The molecule has 0 spiro atoms. The van der Waals surface area contributed by atoms with Crippen molar-refractivity contribution in [2.75, 3.05) is 32.7 Å². The highest BCUT2D eigenvalue weighted by molar-refractivity contribution is 6.00. The van der Waals surface area contributed by atoms with Crippen molar-refractivity contribution in [2.45, 2.75) is 6.92 Å². The van der Waals surface area contributed by atoms with Gasteiger partial charge in [0.05, 0.1) is 33.1 Å². The van der Waals surface area contributed by atoms with Crippen molar-refractivity contribution in [1.29, 1.82) is 0 Å². The van der Waals surface area contributed by atoms with Gasteiger partial charge >= 0.3 is 0 Å². The highest BCUT2D eigenvalue weighted by Crippen LogP contribution is 2.27. The Morgan fingerprint density at radius 1 is 0.962 bits per heavy atom. The summed E-state index contributed by atoms with van der Waals surface area (Å²) in [6.45, 7) is 2.18. The Hall–Kier alpha value is -3.22. The molecule has 2 aromatic rings. The molecule has 0 aliphatic rings. The van der Waals surface area contributed by atoms with Gasteiger partial charge in [0.25, 0.3) is 5.91 Å². The second-order valence-electron chi connectivity index (χ2n) is 5.23. The molecule has 2 aromatic carbocycles. The molecular weight excluding hydrogens is 336 g/mol. The number of carbonyl (C=O) groups is 2. The van der Waals surface area contributed by atoms with Gasteiger partial charge in [-0.15, -0.1) is 0 Å². The zero-order valence-electron chi connectivity index (χ0n) is 15.0. The number of hydrogen-bond acceptors (Lipinski definition) is 5. The van der Waals surface area contributed by atoms with E-state index in [9.17, 15) is 9.59 Å². The largest absolute Gasteiger partial charge is 0.493 e. The molecule has 0 bridgehead atoms. The second kappa shape index (κ2) is 9.31. The van der Waals surface area contributed by atoms with Crippen LogP contribution in [0.2, 0.25) is 0 Å². The van der Waals surface area contributed by atoms with Crippen LogP contribution in [0, 0.1) is 0 Å². The van der Waals surface area contributed by atoms with Crippen molar-refractivity contribution < 1.29 is 23.8 Å². The summed E-state index contributed by atoms with van der Waals surface area (Å²) in [6.07, 6.45) is 0. The van der Waals surface area contributed by atoms with Gasteiger partial charge in [0, 0.05) is 5.56 Å². The monoisotopic (exact) mass is 358 g/mol. The summed E-state index contributed by atoms with van der Waals surface area (Å²) in [4.78, 5) is 24.3. The Morgan fingerprint density at radius 3 is 2.38 bits per heavy atom. The number of rotatable bonds is 8. The third-order valence-electron chi connectivity index (χ3n) is 3.52. The van der Waals surface area contributed by atoms with Crippen molar-refractivity contribution in [2.24, 2.45) is 0 Å². The summed E-state index contributed by atoms with van der Waals surface area (Å²) in [5.41, 5.74) is 0.921. The Labute approximate surface area is 152 Å². The fourth-order valence-corrected chi connectivity index (χ4v) is 2.29. The van der Waals surface area contributed by atoms with Gasteiger partial charge in [0.15, 0.2) is 11.5 Å². The standard InChI is InChI=1S/C19H22N2O5/c1-4-26-15-8-6-5-7-14(15)21-18(22)12-20-19(23)13-9-10-16(24-2)17(11-13)25-3/h5-11H,4,12H2,1-3H3,(H,20,23)(H,21,22). The molecule has 0 atom stereocenters. The van der Waals surface area contributed by atoms with Crippen LogP contribution in [-0.2, 0) is 4.79 Å². The summed E-state index contributed by atoms with van der Waals surface area (Å²) in [6, 6.07) is 11.9. The molecule has 2 N–H and O–H groups in total. The first-order valence-corrected chi connectivity index (χ1v) is 8.11. The molecule has 2 rings (SSSR count). The Kier molecular flexibility index (Phi) is 6.84. The predicted octanol–water partition coefficient (Wildman–Crippen LogP) is 2.47. The van der Waals surface area contributed by atoms with E-state index in [-0.39, 0.29) is 18.4 Å². The van der Waals surface area contributed by atoms with Crippen LogP contribution >= 0.6 is 0 Å². The van der Waals surface area contributed by atoms with Gasteiger partial charge in [-0.1, -0.05) is 12.1 Å². The molecule has 0 aromatic heterocycles. The average molecular weight is 358 g/mol. The highest BCUT2D eigenvalue weighted by Gasteiger charge is 2.13. The van der Waals surface area contributed by atoms with E-state index in [0.29, 0.717) is 35.1 Å². The first-order chi connectivity index (χ1) is 12.6. The van der Waals surface area contributed by atoms with E-state index in [1.165, 1.54) is 14.2 Å². The summed E-state index contributed by atoms with van der Waals surface area (Å²) >= 11 is 0. The molecule has 0 saturated heterocycles. The first-order valence-electron chi connectivity index (χ1n) is 8.11. The number of nitrogens with one attached hydrogen (secondary N) is 2. The minimum Gasteiger partial charge on any atom is -0.493 e. The van der Waals surface area contributed by atoms with Crippen molar-refractivity contribution in [3.05, 3.63) is 48.0 Å². The van der Waals surface area contributed by atoms with Gasteiger partial charge < -0.3 is 24.8 Å². The van der Waals surface area contributed by atoms with Gasteiger partial charge in [-0.2, -0.15) is 0 Å². The summed E-state index contributed by atoms with van der Waals surface area (Å²) in [5, 5.41) is 5.29. The van der Waals surface area contributed by atoms with Crippen molar-refractivity contribution in [1.82, 2.24) is 5.32 Å². The number of amides is 2. The fraction of sp³-hybridized carbons (Fsp3) is 0.263. The number of anilines is 1. The maximum absolute atomic E-state index is 12.2. The number of hydrogen-bond donors (Lipinski definition) is 2. The normalized spacial score (nSPS) is 9.96. The Bertz CT molecular complexity index is 776. The van der Waals surface area contributed by atoms with Gasteiger partial charge in [-0.3, -0.25) is 9.59 Å². The lowest BCUT2D eigenvalue weighted by Crippen LogP contribution is -2.32. The van der Waals surface area contributed by atoms with E-state index in [4.69, 9.17) is 14.2 Å². The maximum atomic E-state index is 12.2. The number of ether oxygens (including phenoxy) is 3. The molecule has 0 radical (unpaired) electrons. The topological polar surface area (TPSA) is 85.9 Å². The maximum Gasteiger partial charge on any atom is 0.251 e. The summed E-state index contributed by atoms with van der Waals surface area (Å²) < 4.78 is 15.8. The molecule has 0 unspecified atom stereocenters. The van der Waals surface area contributed by atoms with E-state index >= 15 is 0 Å². The van der Waals surface area contributed by atoms with Gasteiger partial charge in [-0.25, -0.2) is 0 Å². The second-order valence-corrected chi connectivity index (χ2v) is 5.23. The van der Waals surface area contributed by atoms with E-state index in [0.717, 1.165) is 0 Å². The van der Waals surface area contributed by atoms with Crippen LogP contribution in [0.3, 0.4) is 0 Å². The van der Waals surface area contributed by atoms with Crippen molar-refractivity contribution >= 4 is 17.5 Å². The first kappa shape index (κ1) is 19.1. The number of para-hydroxylation sites is 2. The lowest BCUT2D eigenvalue weighted by atomic mass is 10.2. The van der Waals surface area contributed by atoms with Crippen LogP contribution in [0.4, 0.5) is 5.69 Å². The lowest BCUT2D eigenvalue weighted by Gasteiger charge is -2.12.